The van der Waals surface area contributed by atoms with Gasteiger partial charge in [0.05, 0.1) is 13.2 Å². The molecule has 0 atom stereocenters. The van der Waals surface area contributed by atoms with Crippen molar-refractivity contribution in [2.75, 3.05) is 19.7 Å². The Bertz CT molecular complexity index is 704. The number of hydrogen-bond donors (Lipinski definition) is 1. The molecule has 2 aromatic rings. The van der Waals surface area contributed by atoms with Gasteiger partial charge in [0.2, 0.25) is 0 Å². The average molecular weight is 335 g/mol. The summed E-state index contributed by atoms with van der Waals surface area (Å²) in [6.45, 7) is 1.51. The molecular formula is C17H19F2N3O2. The van der Waals surface area contributed by atoms with Crippen molar-refractivity contribution in [3.05, 3.63) is 53.4 Å². The van der Waals surface area contributed by atoms with Gasteiger partial charge in [-0.2, -0.15) is 5.10 Å². The van der Waals surface area contributed by atoms with E-state index < -0.39 is 11.6 Å². The van der Waals surface area contributed by atoms with Crippen LogP contribution in [-0.2, 0) is 6.54 Å². The van der Waals surface area contributed by atoms with E-state index in [-0.39, 0.29) is 24.0 Å². The van der Waals surface area contributed by atoms with Gasteiger partial charge in [-0.1, -0.05) is 0 Å². The molecule has 1 fully saturated rings. The number of rotatable bonds is 4. The molecule has 0 spiro atoms. The van der Waals surface area contributed by atoms with Crippen LogP contribution < -0.4 is 0 Å². The first-order chi connectivity index (χ1) is 11.6. The molecule has 1 aliphatic rings. The maximum atomic E-state index is 13.3. The first-order valence-electron chi connectivity index (χ1n) is 7.96. The molecule has 128 valence electrons. The van der Waals surface area contributed by atoms with Crippen molar-refractivity contribution < 1.29 is 18.7 Å². The summed E-state index contributed by atoms with van der Waals surface area (Å²) in [5.74, 6) is -1.59. The van der Waals surface area contributed by atoms with Gasteiger partial charge < -0.3 is 10.0 Å². The number of aliphatic hydroxyl groups excluding tert-OH is 1. The van der Waals surface area contributed by atoms with Gasteiger partial charge in [-0.05, 0) is 31.0 Å². The zero-order valence-corrected chi connectivity index (χ0v) is 13.2. The number of carbonyl (C=O) groups excluding carboxylic acids is 1. The second-order valence-electron chi connectivity index (χ2n) is 5.93. The Morgan fingerprint density at radius 1 is 1.21 bits per heavy atom. The Labute approximate surface area is 138 Å². The molecule has 1 aromatic carbocycles. The molecule has 3 rings (SSSR count). The summed E-state index contributed by atoms with van der Waals surface area (Å²) in [4.78, 5) is 14.0. The number of halogens is 2. The summed E-state index contributed by atoms with van der Waals surface area (Å²) in [6.07, 6.45) is 3.21. The van der Waals surface area contributed by atoms with E-state index >= 15 is 0 Å². The van der Waals surface area contributed by atoms with E-state index in [9.17, 15) is 13.6 Å². The number of hydrogen-bond acceptors (Lipinski definition) is 3. The van der Waals surface area contributed by atoms with Crippen LogP contribution in [0.3, 0.4) is 0 Å². The Morgan fingerprint density at radius 2 is 1.88 bits per heavy atom. The molecule has 1 amide bonds. The number of nitrogens with zero attached hydrogens (tertiary/aromatic N) is 3. The lowest BCUT2D eigenvalue weighted by atomic mass is 9.93. The number of amides is 1. The SMILES string of the molecule is O=C(c1cc(F)cc(F)c1)N1CCC(c2ccnn2CCO)CC1. The molecule has 1 aromatic heterocycles. The highest BCUT2D eigenvalue weighted by molar-refractivity contribution is 5.94. The minimum Gasteiger partial charge on any atom is -0.394 e. The lowest BCUT2D eigenvalue weighted by Crippen LogP contribution is -2.38. The van der Waals surface area contributed by atoms with E-state index in [4.69, 9.17) is 5.11 Å². The van der Waals surface area contributed by atoms with E-state index in [2.05, 4.69) is 5.10 Å². The van der Waals surface area contributed by atoms with Crippen LogP contribution in [0.5, 0.6) is 0 Å². The highest BCUT2D eigenvalue weighted by atomic mass is 19.1. The van der Waals surface area contributed by atoms with Crippen molar-refractivity contribution in [1.82, 2.24) is 14.7 Å². The molecule has 0 aliphatic carbocycles. The maximum Gasteiger partial charge on any atom is 0.254 e. The summed E-state index contributed by atoms with van der Waals surface area (Å²) in [5, 5.41) is 13.3. The van der Waals surface area contributed by atoms with Crippen molar-refractivity contribution in [3.63, 3.8) is 0 Å². The summed E-state index contributed by atoms with van der Waals surface area (Å²) >= 11 is 0. The molecule has 1 N–H and O–H groups in total. The summed E-state index contributed by atoms with van der Waals surface area (Å²) in [7, 11) is 0. The van der Waals surface area contributed by atoms with Crippen LogP contribution in [0, 0.1) is 11.6 Å². The van der Waals surface area contributed by atoms with Crippen LogP contribution in [0.4, 0.5) is 8.78 Å². The first kappa shape index (κ1) is 16.6. The second kappa shape index (κ2) is 7.09. The van der Waals surface area contributed by atoms with Crippen LogP contribution in [-0.4, -0.2) is 45.4 Å². The maximum absolute atomic E-state index is 13.3. The Balaban J connectivity index is 1.66. The molecule has 24 heavy (non-hydrogen) atoms. The van der Waals surface area contributed by atoms with Gasteiger partial charge in [-0.25, -0.2) is 8.78 Å². The molecule has 0 radical (unpaired) electrons. The standard InChI is InChI=1S/C17H19F2N3O2/c18-14-9-13(10-15(19)11-14)17(24)21-5-2-12(3-6-21)16-1-4-20-22(16)7-8-23/h1,4,9-12,23H,2-3,5-8H2. The number of carbonyl (C=O) groups is 1. The Morgan fingerprint density at radius 3 is 2.50 bits per heavy atom. The molecule has 0 saturated carbocycles. The summed E-state index contributed by atoms with van der Waals surface area (Å²) < 4.78 is 28.3. The molecule has 5 nitrogen and oxygen atoms in total. The molecule has 2 heterocycles. The highest BCUT2D eigenvalue weighted by Gasteiger charge is 2.26. The number of aromatic nitrogens is 2. The number of likely N-dealkylation sites (tertiary alicyclic amines) is 1. The third-order valence-corrected chi connectivity index (χ3v) is 4.37. The molecule has 0 bridgehead atoms. The van der Waals surface area contributed by atoms with Gasteiger partial charge in [-0.15, -0.1) is 0 Å². The lowest BCUT2D eigenvalue weighted by Gasteiger charge is -2.32. The minimum atomic E-state index is -0.749. The zero-order chi connectivity index (χ0) is 17.1. The van der Waals surface area contributed by atoms with Crippen LogP contribution in [0.1, 0.15) is 34.8 Å². The predicted octanol–water partition coefficient (Wildman–Crippen LogP) is 2.17. The fourth-order valence-corrected chi connectivity index (χ4v) is 3.21. The van der Waals surface area contributed by atoms with E-state index in [1.807, 2.05) is 6.07 Å². The van der Waals surface area contributed by atoms with Crippen molar-refractivity contribution in [1.29, 1.82) is 0 Å². The molecule has 0 unspecified atom stereocenters. The smallest absolute Gasteiger partial charge is 0.254 e. The molecular weight excluding hydrogens is 316 g/mol. The summed E-state index contributed by atoms with van der Waals surface area (Å²) in [6, 6.07) is 4.81. The van der Waals surface area contributed by atoms with Crippen molar-refractivity contribution in [2.45, 2.75) is 25.3 Å². The van der Waals surface area contributed by atoms with Gasteiger partial charge >= 0.3 is 0 Å². The first-order valence-corrected chi connectivity index (χ1v) is 7.96. The monoisotopic (exact) mass is 335 g/mol. The van der Waals surface area contributed by atoms with Gasteiger partial charge in [-0.3, -0.25) is 9.48 Å². The zero-order valence-electron chi connectivity index (χ0n) is 13.2. The van der Waals surface area contributed by atoms with Crippen LogP contribution in [0.25, 0.3) is 0 Å². The third kappa shape index (κ3) is 3.46. The number of piperidine rings is 1. The van der Waals surface area contributed by atoms with Gasteiger partial charge in [0, 0.05) is 42.5 Å². The lowest BCUT2D eigenvalue weighted by molar-refractivity contribution is 0.0710. The fourth-order valence-electron chi connectivity index (χ4n) is 3.21. The fraction of sp³-hybridized carbons (Fsp3) is 0.412. The van der Waals surface area contributed by atoms with Crippen LogP contribution in [0.2, 0.25) is 0 Å². The van der Waals surface area contributed by atoms with Crippen LogP contribution in [0.15, 0.2) is 30.5 Å². The van der Waals surface area contributed by atoms with Crippen molar-refractivity contribution in [2.24, 2.45) is 0 Å². The van der Waals surface area contributed by atoms with Crippen LogP contribution >= 0.6 is 0 Å². The quantitative estimate of drug-likeness (QED) is 0.932. The van der Waals surface area contributed by atoms with E-state index in [1.165, 1.54) is 0 Å². The van der Waals surface area contributed by atoms with Crippen molar-refractivity contribution >= 4 is 5.91 Å². The number of benzene rings is 1. The Kier molecular flexibility index (Phi) is 4.89. The van der Waals surface area contributed by atoms with Gasteiger partial charge in [0.1, 0.15) is 11.6 Å². The predicted molar refractivity (Wildman–Crippen MR) is 83.5 cm³/mol. The van der Waals surface area contributed by atoms with Gasteiger partial charge in [0.15, 0.2) is 0 Å². The van der Waals surface area contributed by atoms with E-state index in [0.29, 0.717) is 19.6 Å². The third-order valence-electron chi connectivity index (χ3n) is 4.37. The van der Waals surface area contributed by atoms with E-state index in [1.54, 1.807) is 15.8 Å². The van der Waals surface area contributed by atoms with E-state index in [0.717, 1.165) is 36.7 Å². The number of aliphatic hydroxyl groups is 1. The summed E-state index contributed by atoms with van der Waals surface area (Å²) in [5.41, 5.74) is 1.09. The topological polar surface area (TPSA) is 58.4 Å². The normalized spacial score (nSPS) is 15.7. The average Bonchev–Trinajstić information content (AvgIpc) is 3.02. The molecule has 1 aliphatic heterocycles. The molecule has 7 heteroatoms. The second-order valence-corrected chi connectivity index (χ2v) is 5.93. The minimum absolute atomic E-state index is 0.0249. The highest BCUT2D eigenvalue weighted by Crippen LogP contribution is 2.28. The van der Waals surface area contributed by atoms with Crippen molar-refractivity contribution in [3.8, 4) is 0 Å². The largest absolute Gasteiger partial charge is 0.394 e. The molecule has 1 saturated heterocycles. The Hall–Kier alpha value is -2.28. The van der Waals surface area contributed by atoms with Gasteiger partial charge in [0.25, 0.3) is 5.91 Å².